The molecule has 0 aliphatic rings. The van der Waals surface area contributed by atoms with Crippen LogP contribution in [-0.2, 0) is 37.3 Å². The van der Waals surface area contributed by atoms with E-state index < -0.39 is 0 Å². The molecule has 0 aliphatic heterocycles. The van der Waals surface area contributed by atoms with Crippen molar-refractivity contribution in [1.82, 2.24) is 9.97 Å². The second-order valence-corrected chi connectivity index (χ2v) is 16.3. The Bertz CT molecular complexity index is 2040. The maximum absolute atomic E-state index is 11.1. The number of pyridine rings is 1. The van der Waals surface area contributed by atoms with Gasteiger partial charge in [0, 0.05) is 37.7 Å². The molecule has 47 heavy (non-hydrogen) atoms. The molecule has 0 saturated heterocycles. The van der Waals surface area contributed by atoms with Crippen molar-refractivity contribution in [1.29, 1.82) is 0 Å². The van der Waals surface area contributed by atoms with Crippen LogP contribution in [0.1, 0.15) is 79.0 Å². The van der Waals surface area contributed by atoms with E-state index in [-0.39, 0.29) is 43.1 Å². The van der Waals surface area contributed by atoms with E-state index in [1.54, 1.807) is 17.4 Å². The number of aromatic hydroxyl groups is 1. The van der Waals surface area contributed by atoms with Gasteiger partial charge in [-0.25, -0.2) is 4.98 Å². The van der Waals surface area contributed by atoms with Crippen molar-refractivity contribution in [3.8, 4) is 49.8 Å². The Morgan fingerprint density at radius 3 is 1.91 bits per heavy atom. The molecule has 0 bridgehead atoms. The Hall–Kier alpha value is -3.59. The number of aromatic nitrogens is 2. The molecule has 0 radical (unpaired) electrons. The molecule has 5 heteroatoms. The molecular formula is C42H43N2OPtS-. The molecule has 6 aromatic rings. The maximum Gasteiger partial charge on any atom is 0.127 e. The molecule has 2 aromatic heterocycles. The van der Waals surface area contributed by atoms with E-state index in [2.05, 4.69) is 111 Å². The van der Waals surface area contributed by atoms with E-state index in [1.807, 2.05) is 42.6 Å². The third-order valence-corrected chi connectivity index (χ3v) is 9.61. The van der Waals surface area contributed by atoms with Crippen LogP contribution in [0, 0.1) is 6.07 Å². The molecular weight excluding hydrogens is 776 g/mol. The SMILES string of the molecule is CC(C)(C)c1cc(-c2[c-]c(-c3ccccn3)c(C(C)(C)C)cc2C(C)(C)C)c2nc(-c3cc(-c4ccccc4)ccc3O)sc2c1.[Pt]. The predicted molar refractivity (Wildman–Crippen MR) is 196 cm³/mol. The number of rotatable bonds is 4. The minimum absolute atomic E-state index is 0. The third kappa shape index (κ3) is 7.01. The van der Waals surface area contributed by atoms with Crippen LogP contribution in [0.3, 0.4) is 0 Å². The van der Waals surface area contributed by atoms with Gasteiger partial charge in [0.25, 0.3) is 0 Å². The standard InChI is InChI=1S/C42H43N2OS.Pt/c1-40(2,3)28-22-30(29-24-31(35-17-13-14-20-43-35)34(42(7,8)9)25-33(29)41(4,5)6)38-37(23-28)46-39(44-38)32-21-27(18-19-36(32)45)26-15-11-10-12-16-26;/h10-23,25,45H,1-9H3;/q-1;. The van der Waals surface area contributed by atoms with Gasteiger partial charge < -0.3 is 5.11 Å². The molecule has 0 saturated carbocycles. The van der Waals surface area contributed by atoms with Gasteiger partial charge in [0.15, 0.2) is 0 Å². The van der Waals surface area contributed by atoms with Crippen LogP contribution in [0.5, 0.6) is 5.75 Å². The van der Waals surface area contributed by atoms with E-state index in [9.17, 15) is 5.11 Å². The maximum atomic E-state index is 11.1. The summed E-state index contributed by atoms with van der Waals surface area (Å²) in [5, 5.41) is 11.9. The number of hydrogen-bond acceptors (Lipinski definition) is 4. The second-order valence-electron chi connectivity index (χ2n) is 15.3. The normalized spacial score (nSPS) is 12.3. The van der Waals surface area contributed by atoms with Gasteiger partial charge in [-0.3, -0.25) is 4.98 Å². The van der Waals surface area contributed by atoms with Crippen LogP contribution in [0.2, 0.25) is 0 Å². The Morgan fingerprint density at radius 1 is 0.638 bits per heavy atom. The van der Waals surface area contributed by atoms with Crippen molar-refractivity contribution in [2.24, 2.45) is 0 Å². The molecule has 0 atom stereocenters. The molecule has 0 aliphatic carbocycles. The molecule has 4 aromatic carbocycles. The number of benzene rings is 4. The zero-order chi connectivity index (χ0) is 33.0. The molecule has 2 heterocycles. The summed E-state index contributed by atoms with van der Waals surface area (Å²) in [5.74, 6) is 0.227. The van der Waals surface area contributed by atoms with E-state index in [4.69, 9.17) is 9.97 Å². The van der Waals surface area contributed by atoms with Crippen LogP contribution in [0.15, 0.2) is 91.1 Å². The van der Waals surface area contributed by atoms with E-state index in [0.717, 1.165) is 54.3 Å². The van der Waals surface area contributed by atoms with Gasteiger partial charge >= 0.3 is 0 Å². The van der Waals surface area contributed by atoms with Crippen molar-refractivity contribution in [3.63, 3.8) is 0 Å². The fraction of sp³-hybridized carbons (Fsp3) is 0.286. The Morgan fingerprint density at radius 2 is 1.30 bits per heavy atom. The number of fused-ring (bicyclic) bond motifs is 1. The summed E-state index contributed by atoms with van der Waals surface area (Å²) in [7, 11) is 0. The van der Waals surface area contributed by atoms with Crippen molar-refractivity contribution in [2.75, 3.05) is 0 Å². The fourth-order valence-corrected chi connectivity index (χ4v) is 7.00. The van der Waals surface area contributed by atoms with Crippen LogP contribution >= 0.6 is 11.3 Å². The number of phenolic OH excluding ortho intramolecular Hbond substituents is 1. The van der Waals surface area contributed by atoms with Gasteiger partial charge in [0.2, 0.25) is 0 Å². The molecule has 244 valence electrons. The van der Waals surface area contributed by atoms with E-state index in [1.165, 1.54) is 16.7 Å². The average Bonchev–Trinajstić information content (AvgIpc) is 3.44. The molecule has 0 amide bonds. The minimum Gasteiger partial charge on any atom is -0.507 e. The van der Waals surface area contributed by atoms with Gasteiger partial charge in [0.05, 0.1) is 11.1 Å². The summed E-state index contributed by atoms with van der Waals surface area (Å²) in [5.41, 5.74) is 11.2. The monoisotopic (exact) mass is 818 g/mol. The molecule has 6 rings (SSSR count). The Kier molecular flexibility index (Phi) is 9.45. The van der Waals surface area contributed by atoms with Crippen LogP contribution in [0.4, 0.5) is 0 Å². The molecule has 0 spiro atoms. The molecule has 0 unspecified atom stereocenters. The number of thiazole rings is 1. The van der Waals surface area contributed by atoms with Crippen molar-refractivity contribution < 1.29 is 26.2 Å². The summed E-state index contributed by atoms with van der Waals surface area (Å²) in [6, 6.07) is 33.0. The second kappa shape index (κ2) is 12.8. The Balaban J connectivity index is 0.00000433. The van der Waals surface area contributed by atoms with Gasteiger partial charge in [-0.05, 0) is 57.2 Å². The van der Waals surface area contributed by atoms with Crippen LogP contribution in [0.25, 0.3) is 54.3 Å². The van der Waals surface area contributed by atoms with E-state index in [0.29, 0.717) is 0 Å². The summed E-state index contributed by atoms with van der Waals surface area (Å²) < 4.78 is 1.09. The quantitative estimate of drug-likeness (QED) is 0.180. The topological polar surface area (TPSA) is 46.0 Å². The number of phenols is 1. The molecule has 0 fully saturated rings. The van der Waals surface area contributed by atoms with Crippen molar-refractivity contribution in [3.05, 3.63) is 114 Å². The predicted octanol–water partition coefficient (Wildman–Crippen LogP) is 11.8. The van der Waals surface area contributed by atoms with Crippen molar-refractivity contribution >= 4 is 21.6 Å². The summed E-state index contributed by atoms with van der Waals surface area (Å²) >= 11 is 1.63. The first-order valence-corrected chi connectivity index (χ1v) is 16.8. The molecule has 3 nitrogen and oxygen atoms in total. The van der Waals surface area contributed by atoms with Crippen LogP contribution in [-0.4, -0.2) is 15.1 Å². The van der Waals surface area contributed by atoms with Crippen molar-refractivity contribution in [2.45, 2.75) is 78.6 Å². The zero-order valence-electron chi connectivity index (χ0n) is 28.7. The molecule has 1 N–H and O–H groups in total. The number of hydrogen-bond donors (Lipinski definition) is 1. The smallest absolute Gasteiger partial charge is 0.127 e. The Labute approximate surface area is 298 Å². The first-order valence-electron chi connectivity index (χ1n) is 16.0. The van der Waals surface area contributed by atoms with Gasteiger partial charge in [-0.2, -0.15) is 0 Å². The van der Waals surface area contributed by atoms with Gasteiger partial charge in [0.1, 0.15) is 10.8 Å². The summed E-state index contributed by atoms with van der Waals surface area (Å²) in [6.07, 6.45) is 1.86. The third-order valence-electron chi connectivity index (χ3n) is 8.58. The summed E-state index contributed by atoms with van der Waals surface area (Å²) in [4.78, 5) is 10.1. The first kappa shape index (κ1) is 34.7. The van der Waals surface area contributed by atoms with Crippen LogP contribution < -0.4 is 0 Å². The minimum atomic E-state index is -0.153. The van der Waals surface area contributed by atoms with E-state index >= 15 is 0 Å². The zero-order valence-corrected chi connectivity index (χ0v) is 31.8. The fourth-order valence-electron chi connectivity index (χ4n) is 5.94. The number of nitrogens with zero attached hydrogens (tertiary/aromatic N) is 2. The summed E-state index contributed by atoms with van der Waals surface area (Å²) in [6.45, 7) is 20.4. The van der Waals surface area contributed by atoms with Gasteiger partial charge in [-0.15, -0.1) is 40.2 Å². The largest absolute Gasteiger partial charge is 0.507 e. The van der Waals surface area contributed by atoms with Gasteiger partial charge in [-0.1, -0.05) is 128 Å². The first-order chi connectivity index (χ1) is 21.6. The average molecular weight is 819 g/mol.